The van der Waals surface area contributed by atoms with Crippen LogP contribution in [0.25, 0.3) is 0 Å². The zero-order valence-corrected chi connectivity index (χ0v) is 39.9. The van der Waals surface area contributed by atoms with Crippen LogP contribution in [0.2, 0.25) is 0 Å². The fourth-order valence-corrected chi connectivity index (χ4v) is 6.70. The van der Waals surface area contributed by atoms with Gasteiger partial charge in [0.15, 0.2) is 0 Å². The van der Waals surface area contributed by atoms with E-state index in [1.165, 1.54) is 19.3 Å². The Labute approximate surface area is 379 Å². The van der Waals surface area contributed by atoms with E-state index in [0.29, 0.717) is 13.0 Å². The summed E-state index contributed by atoms with van der Waals surface area (Å²) < 4.78 is 33.5. The Balaban J connectivity index is 4.09. The summed E-state index contributed by atoms with van der Waals surface area (Å²) in [6.45, 7) is 4.59. The highest BCUT2D eigenvalue weighted by atomic mass is 31.2. The summed E-state index contributed by atoms with van der Waals surface area (Å²) in [5.41, 5.74) is 5.38. The fraction of sp³-hybridized carbons (Fsp3) is 0.604. The maximum absolute atomic E-state index is 12.6. The quantitative estimate of drug-likeness (QED) is 0.0269. The van der Waals surface area contributed by atoms with Crippen LogP contribution in [-0.4, -0.2) is 49.9 Å². The molecule has 0 spiro atoms. The third-order valence-electron chi connectivity index (χ3n) is 9.37. The van der Waals surface area contributed by atoms with Crippen molar-refractivity contribution in [3.63, 3.8) is 0 Å². The molecule has 352 valence electrons. The molecule has 0 aromatic rings. The zero-order valence-electron chi connectivity index (χ0n) is 39.1. The molecular formula is C53H88NO7P. The van der Waals surface area contributed by atoms with E-state index in [1.807, 2.05) is 0 Å². The van der Waals surface area contributed by atoms with Crippen LogP contribution in [0.5, 0.6) is 0 Å². The normalized spacial score (nSPS) is 14.5. The predicted octanol–water partition coefficient (Wildman–Crippen LogP) is 15.0. The Morgan fingerprint density at radius 3 is 1.27 bits per heavy atom. The summed E-state index contributed by atoms with van der Waals surface area (Å²) in [7, 11) is -4.30. The van der Waals surface area contributed by atoms with Crippen LogP contribution in [0, 0.1) is 0 Å². The van der Waals surface area contributed by atoms with Gasteiger partial charge in [-0.05, 0) is 103 Å². The molecule has 2 unspecified atom stereocenters. The number of unbranched alkanes of at least 4 members (excludes halogenated alkanes) is 11. The van der Waals surface area contributed by atoms with Gasteiger partial charge in [0, 0.05) is 19.6 Å². The number of rotatable bonds is 44. The van der Waals surface area contributed by atoms with E-state index in [2.05, 4.69) is 135 Å². The predicted molar refractivity (Wildman–Crippen MR) is 265 cm³/mol. The number of allylic oxidation sites excluding steroid dienone is 20. The Morgan fingerprint density at radius 2 is 0.855 bits per heavy atom. The lowest BCUT2D eigenvalue weighted by Gasteiger charge is -2.20. The summed E-state index contributed by atoms with van der Waals surface area (Å²) in [6, 6.07) is 0. The second-order valence-electron chi connectivity index (χ2n) is 15.2. The number of hydrogen-bond donors (Lipinski definition) is 2. The van der Waals surface area contributed by atoms with Gasteiger partial charge >= 0.3 is 13.8 Å². The first-order chi connectivity index (χ1) is 30.4. The van der Waals surface area contributed by atoms with Gasteiger partial charge in [-0.1, -0.05) is 180 Å². The van der Waals surface area contributed by atoms with Crippen molar-refractivity contribution in [1.29, 1.82) is 0 Å². The summed E-state index contributed by atoms with van der Waals surface area (Å²) in [6.07, 6.45) is 68.0. The van der Waals surface area contributed by atoms with Crippen molar-refractivity contribution >= 4 is 13.8 Å². The van der Waals surface area contributed by atoms with Gasteiger partial charge in [0.05, 0.1) is 19.8 Å². The Kier molecular flexibility index (Phi) is 46.5. The minimum Gasteiger partial charge on any atom is -0.457 e. The molecule has 0 aromatic heterocycles. The van der Waals surface area contributed by atoms with E-state index >= 15 is 0 Å². The van der Waals surface area contributed by atoms with E-state index in [4.69, 9.17) is 24.3 Å². The molecule has 0 saturated heterocycles. The number of esters is 1. The Morgan fingerprint density at radius 1 is 0.484 bits per heavy atom. The number of phosphoric ester groups is 1. The van der Waals surface area contributed by atoms with Crippen molar-refractivity contribution < 1.29 is 32.8 Å². The fourth-order valence-electron chi connectivity index (χ4n) is 5.93. The maximum Gasteiger partial charge on any atom is 0.472 e. The van der Waals surface area contributed by atoms with Crippen LogP contribution in [-0.2, 0) is 27.9 Å². The van der Waals surface area contributed by atoms with Crippen LogP contribution in [0.3, 0.4) is 0 Å². The lowest BCUT2D eigenvalue weighted by atomic mass is 10.1. The van der Waals surface area contributed by atoms with E-state index in [9.17, 15) is 14.3 Å². The van der Waals surface area contributed by atoms with E-state index in [-0.39, 0.29) is 32.3 Å². The number of nitrogens with two attached hydrogens (primary N) is 1. The minimum absolute atomic E-state index is 0.0858. The number of hydrogen-bond acceptors (Lipinski definition) is 7. The molecule has 0 aliphatic heterocycles. The summed E-state index contributed by atoms with van der Waals surface area (Å²) in [4.78, 5) is 22.5. The van der Waals surface area contributed by atoms with Gasteiger partial charge in [-0.3, -0.25) is 13.8 Å². The van der Waals surface area contributed by atoms with E-state index in [1.54, 1.807) is 0 Å². The second kappa shape index (κ2) is 48.9. The molecular weight excluding hydrogens is 794 g/mol. The third kappa shape index (κ3) is 47.9. The smallest absolute Gasteiger partial charge is 0.457 e. The first-order valence-corrected chi connectivity index (χ1v) is 25.5. The van der Waals surface area contributed by atoms with E-state index < -0.39 is 13.9 Å². The maximum atomic E-state index is 12.6. The number of carbonyl (C=O) groups excluding carboxylic acids is 1. The summed E-state index contributed by atoms with van der Waals surface area (Å²) >= 11 is 0. The van der Waals surface area contributed by atoms with Gasteiger partial charge in [0.25, 0.3) is 0 Å². The zero-order chi connectivity index (χ0) is 45.1. The van der Waals surface area contributed by atoms with Gasteiger partial charge in [-0.2, -0.15) is 0 Å². The first-order valence-electron chi connectivity index (χ1n) is 24.0. The summed E-state index contributed by atoms with van der Waals surface area (Å²) in [5.74, 6) is -0.356. The van der Waals surface area contributed by atoms with Crippen LogP contribution in [0.1, 0.15) is 168 Å². The minimum atomic E-state index is -4.30. The molecule has 0 aliphatic rings. The van der Waals surface area contributed by atoms with Gasteiger partial charge < -0.3 is 20.1 Å². The molecule has 9 heteroatoms. The molecule has 3 N–H and O–H groups in total. The lowest BCUT2D eigenvalue weighted by molar-refractivity contribution is -0.154. The molecule has 2 atom stereocenters. The largest absolute Gasteiger partial charge is 0.472 e. The average Bonchev–Trinajstić information content (AvgIpc) is 3.26. The lowest BCUT2D eigenvalue weighted by Crippen LogP contribution is -2.28. The van der Waals surface area contributed by atoms with Crippen molar-refractivity contribution in [3.8, 4) is 0 Å². The van der Waals surface area contributed by atoms with Crippen LogP contribution >= 0.6 is 7.82 Å². The van der Waals surface area contributed by atoms with Gasteiger partial charge in [0.2, 0.25) is 0 Å². The second-order valence-corrected chi connectivity index (χ2v) is 16.7. The first kappa shape index (κ1) is 58.9. The topological polar surface area (TPSA) is 117 Å². The molecule has 0 rings (SSSR count). The Hall–Kier alpha value is -3.10. The van der Waals surface area contributed by atoms with Crippen molar-refractivity contribution in [1.82, 2.24) is 0 Å². The van der Waals surface area contributed by atoms with E-state index in [0.717, 1.165) is 128 Å². The van der Waals surface area contributed by atoms with Crippen molar-refractivity contribution in [2.75, 3.05) is 33.0 Å². The molecule has 0 saturated carbocycles. The SMILES string of the molecule is CC/C=C\C/C=C\C/C=C\C/C=C\C/C=C\C/C=C\C/C=C\CCCCCCOCC(COP(=O)(O)OCCN)OC(=O)CCCCCCCCC/C=C\C/C=C\C/C=C\CC. The van der Waals surface area contributed by atoms with Gasteiger partial charge in [-0.25, -0.2) is 4.57 Å². The molecule has 0 radical (unpaired) electrons. The monoisotopic (exact) mass is 882 g/mol. The molecule has 62 heavy (non-hydrogen) atoms. The van der Waals surface area contributed by atoms with Gasteiger partial charge in [0.1, 0.15) is 6.10 Å². The Bertz CT molecular complexity index is 1360. The third-order valence-corrected chi connectivity index (χ3v) is 10.4. The van der Waals surface area contributed by atoms with Crippen molar-refractivity contribution in [2.24, 2.45) is 5.73 Å². The molecule has 0 aliphatic carbocycles. The van der Waals surface area contributed by atoms with Crippen LogP contribution in [0.4, 0.5) is 0 Å². The number of carbonyl (C=O) groups is 1. The molecule has 0 bridgehead atoms. The molecule has 0 aromatic carbocycles. The highest BCUT2D eigenvalue weighted by molar-refractivity contribution is 7.47. The highest BCUT2D eigenvalue weighted by Gasteiger charge is 2.25. The van der Waals surface area contributed by atoms with Crippen molar-refractivity contribution in [2.45, 2.75) is 174 Å². The summed E-state index contributed by atoms with van der Waals surface area (Å²) in [5, 5.41) is 0. The molecule has 0 heterocycles. The van der Waals surface area contributed by atoms with Gasteiger partial charge in [-0.15, -0.1) is 0 Å². The number of phosphoric acid groups is 1. The highest BCUT2D eigenvalue weighted by Crippen LogP contribution is 2.43. The molecule has 0 amide bonds. The van der Waals surface area contributed by atoms with Crippen LogP contribution in [0.15, 0.2) is 122 Å². The van der Waals surface area contributed by atoms with Crippen molar-refractivity contribution in [3.05, 3.63) is 122 Å². The number of ether oxygens (including phenoxy) is 2. The average molecular weight is 882 g/mol. The standard InChI is InChI=1S/C53H88NO7P/c1-3-5-7-9-11-13-15-17-19-21-22-23-24-25-26-27-28-29-31-33-35-37-39-41-43-45-48-58-50-52(51-60-62(56,57)59-49-47-54)61-53(55)46-44-42-40-38-36-34-32-30-20-18-16-14-12-10-8-6-4-2/h5-8,11-14,17-20,22-23,25-26,28-29,33,35,52H,3-4,9-10,15-16,21,24,27,30-32,34,36-51,54H2,1-2H3,(H,56,57)/b7-5-,8-6-,13-11-,14-12-,19-17-,20-18-,23-22-,26-25-,29-28-,35-33-. The molecule has 0 fully saturated rings. The van der Waals surface area contributed by atoms with Crippen LogP contribution < -0.4 is 5.73 Å². The molecule has 8 nitrogen and oxygen atoms in total.